The van der Waals surface area contributed by atoms with Crippen molar-refractivity contribution in [3.05, 3.63) is 57.5 Å². The minimum atomic E-state index is -0.256. The van der Waals surface area contributed by atoms with Gasteiger partial charge in [0.05, 0.1) is 0 Å². The van der Waals surface area contributed by atoms with Gasteiger partial charge in [-0.1, -0.05) is 0 Å². The van der Waals surface area contributed by atoms with Gasteiger partial charge in [-0.05, 0) is 30.0 Å². The number of hydrogen-bond acceptors (Lipinski definition) is 4. The van der Waals surface area contributed by atoms with Gasteiger partial charge in [0.15, 0.2) is 0 Å². The predicted molar refractivity (Wildman–Crippen MR) is 74.6 cm³/mol. The maximum Gasteiger partial charge on any atom is 0.273 e. The van der Waals surface area contributed by atoms with Crippen molar-refractivity contribution in [1.82, 2.24) is 19.9 Å². The zero-order valence-corrected chi connectivity index (χ0v) is 11.4. The molecule has 1 aliphatic carbocycles. The molecular formula is C15H14N4O2. The van der Waals surface area contributed by atoms with E-state index in [9.17, 15) is 9.59 Å². The Morgan fingerprint density at radius 1 is 1.29 bits per heavy atom. The Balaban J connectivity index is 1.63. The van der Waals surface area contributed by atoms with E-state index in [-0.39, 0.29) is 17.2 Å². The lowest BCUT2D eigenvalue weighted by Gasteiger charge is -2.14. The summed E-state index contributed by atoms with van der Waals surface area (Å²) in [6, 6.07) is 3.21. The van der Waals surface area contributed by atoms with E-state index in [0.29, 0.717) is 24.8 Å². The smallest absolute Gasteiger partial charge is 0.273 e. The van der Waals surface area contributed by atoms with Gasteiger partial charge in [-0.2, -0.15) is 0 Å². The van der Waals surface area contributed by atoms with E-state index < -0.39 is 0 Å². The first-order valence-electron chi connectivity index (χ1n) is 7.03. The molecule has 2 aromatic heterocycles. The number of amides is 1. The van der Waals surface area contributed by atoms with E-state index in [1.165, 1.54) is 6.07 Å². The zero-order chi connectivity index (χ0) is 14.4. The van der Waals surface area contributed by atoms with Crippen molar-refractivity contribution in [2.45, 2.75) is 31.8 Å². The second-order valence-electron chi connectivity index (χ2n) is 5.60. The van der Waals surface area contributed by atoms with Crippen molar-refractivity contribution in [3.63, 3.8) is 0 Å². The number of carbonyl (C=O) groups excluding carboxylic acids is 1. The van der Waals surface area contributed by atoms with E-state index in [1.807, 2.05) is 6.07 Å². The molecule has 3 heterocycles. The van der Waals surface area contributed by atoms with Gasteiger partial charge in [-0.15, -0.1) is 0 Å². The molecule has 0 saturated heterocycles. The van der Waals surface area contributed by atoms with Gasteiger partial charge >= 0.3 is 0 Å². The van der Waals surface area contributed by atoms with Crippen LogP contribution in [0, 0.1) is 0 Å². The Labute approximate surface area is 120 Å². The summed E-state index contributed by atoms with van der Waals surface area (Å²) in [6.07, 6.45) is 5.57. The van der Waals surface area contributed by atoms with Crippen molar-refractivity contribution in [2.75, 3.05) is 0 Å². The number of aromatic amines is 1. The lowest BCUT2D eigenvalue weighted by atomic mass is 10.2. The second kappa shape index (κ2) is 4.51. The molecule has 0 aromatic carbocycles. The molecule has 1 amide bonds. The summed E-state index contributed by atoms with van der Waals surface area (Å²) >= 11 is 0. The molecule has 1 aliphatic heterocycles. The number of aromatic nitrogens is 3. The Kier molecular flexibility index (Phi) is 2.63. The third kappa shape index (κ3) is 2.22. The minimum absolute atomic E-state index is 0.195. The van der Waals surface area contributed by atoms with Gasteiger partial charge in [0, 0.05) is 37.5 Å². The average Bonchev–Trinajstić information content (AvgIpc) is 3.24. The molecule has 0 radical (unpaired) electrons. The summed E-state index contributed by atoms with van der Waals surface area (Å²) in [7, 11) is 0. The van der Waals surface area contributed by atoms with Crippen LogP contribution in [0.15, 0.2) is 29.3 Å². The maximum atomic E-state index is 12.6. The molecule has 106 valence electrons. The van der Waals surface area contributed by atoms with Gasteiger partial charge < -0.3 is 9.88 Å². The number of nitrogens with one attached hydrogen (secondary N) is 1. The van der Waals surface area contributed by atoms with Crippen molar-refractivity contribution in [2.24, 2.45) is 0 Å². The second-order valence-corrected chi connectivity index (χ2v) is 5.60. The van der Waals surface area contributed by atoms with Gasteiger partial charge in [0.25, 0.3) is 11.5 Å². The number of hydrogen-bond donors (Lipinski definition) is 1. The fourth-order valence-corrected chi connectivity index (χ4v) is 2.66. The quantitative estimate of drug-likeness (QED) is 0.897. The van der Waals surface area contributed by atoms with Gasteiger partial charge in [-0.3, -0.25) is 14.6 Å². The first kappa shape index (κ1) is 12.3. The zero-order valence-electron chi connectivity index (χ0n) is 11.4. The van der Waals surface area contributed by atoms with Crippen LogP contribution in [0.1, 0.15) is 46.2 Å². The van der Waals surface area contributed by atoms with Crippen LogP contribution in [-0.2, 0) is 13.1 Å². The third-order valence-corrected chi connectivity index (χ3v) is 3.96. The van der Waals surface area contributed by atoms with E-state index >= 15 is 0 Å². The highest BCUT2D eigenvalue weighted by atomic mass is 16.2. The van der Waals surface area contributed by atoms with Crippen molar-refractivity contribution < 1.29 is 4.79 Å². The van der Waals surface area contributed by atoms with E-state index in [1.54, 1.807) is 17.3 Å². The van der Waals surface area contributed by atoms with E-state index in [2.05, 4.69) is 15.0 Å². The molecule has 1 fully saturated rings. The number of H-pyrrole nitrogens is 1. The molecule has 1 N–H and O–H groups in total. The number of fused-ring (bicyclic) bond motifs is 1. The summed E-state index contributed by atoms with van der Waals surface area (Å²) in [6.45, 7) is 1.07. The van der Waals surface area contributed by atoms with Crippen LogP contribution < -0.4 is 5.56 Å². The number of rotatable bonds is 2. The maximum absolute atomic E-state index is 12.6. The highest BCUT2D eigenvalue weighted by molar-refractivity contribution is 5.92. The molecule has 6 heteroatoms. The highest BCUT2D eigenvalue weighted by Gasteiger charge is 2.29. The predicted octanol–water partition coefficient (Wildman–Crippen LogP) is 1.20. The molecule has 21 heavy (non-hydrogen) atoms. The Hall–Kier alpha value is -2.50. The Morgan fingerprint density at radius 3 is 2.86 bits per heavy atom. The fourth-order valence-electron chi connectivity index (χ4n) is 2.66. The number of nitrogens with zero attached hydrogens (tertiary/aromatic N) is 3. The molecule has 6 nitrogen and oxygen atoms in total. The first-order chi connectivity index (χ1) is 10.2. The molecule has 2 aromatic rings. The van der Waals surface area contributed by atoms with Crippen molar-refractivity contribution in [1.29, 1.82) is 0 Å². The minimum Gasteiger partial charge on any atom is -0.329 e. The molecule has 2 aliphatic rings. The van der Waals surface area contributed by atoms with Gasteiger partial charge in [-0.25, -0.2) is 4.98 Å². The van der Waals surface area contributed by atoms with Crippen LogP contribution in [0.2, 0.25) is 0 Å². The van der Waals surface area contributed by atoms with Crippen LogP contribution in [0.5, 0.6) is 0 Å². The summed E-state index contributed by atoms with van der Waals surface area (Å²) in [5.74, 6) is 0.758. The molecule has 0 atom stereocenters. The monoisotopic (exact) mass is 282 g/mol. The lowest BCUT2D eigenvalue weighted by Crippen LogP contribution is -2.28. The fraction of sp³-hybridized carbons (Fsp3) is 0.333. The molecule has 4 rings (SSSR count). The Bertz CT molecular complexity index is 754. The number of pyridine rings is 1. The standard InChI is InChI=1S/C15H14N4O2/c20-13-5-12(17-14(18-13)9-1-2-9)15(21)19-7-10-3-4-16-6-11(10)8-19/h3-6,9H,1-2,7-8H2,(H,17,18,20). The lowest BCUT2D eigenvalue weighted by molar-refractivity contribution is 0.0744. The SMILES string of the molecule is O=C(c1cc(=O)[nH]c(C2CC2)n1)N1Cc2ccncc2C1. The van der Waals surface area contributed by atoms with Crippen LogP contribution in [0.4, 0.5) is 0 Å². The van der Waals surface area contributed by atoms with Gasteiger partial charge in [0.2, 0.25) is 0 Å². The normalized spacial score (nSPS) is 16.9. The van der Waals surface area contributed by atoms with Crippen LogP contribution in [0.25, 0.3) is 0 Å². The van der Waals surface area contributed by atoms with Crippen molar-refractivity contribution in [3.8, 4) is 0 Å². The highest BCUT2D eigenvalue weighted by Crippen LogP contribution is 2.37. The van der Waals surface area contributed by atoms with Crippen LogP contribution in [-0.4, -0.2) is 25.8 Å². The summed E-state index contributed by atoms with van der Waals surface area (Å²) in [4.78, 5) is 37.1. The topological polar surface area (TPSA) is 79.0 Å². The molecule has 0 unspecified atom stereocenters. The van der Waals surface area contributed by atoms with Gasteiger partial charge in [0.1, 0.15) is 11.5 Å². The van der Waals surface area contributed by atoms with Crippen molar-refractivity contribution >= 4 is 5.91 Å². The number of carbonyl (C=O) groups is 1. The van der Waals surface area contributed by atoms with Crippen LogP contribution in [0.3, 0.4) is 0 Å². The molecule has 0 bridgehead atoms. The Morgan fingerprint density at radius 2 is 2.10 bits per heavy atom. The molecular weight excluding hydrogens is 268 g/mol. The summed E-state index contributed by atoms with van der Waals surface area (Å²) in [5.41, 5.74) is 2.14. The summed E-state index contributed by atoms with van der Waals surface area (Å²) < 4.78 is 0. The average molecular weight is 282 g/mol. The third-order valence-electron chi connectivity index (χ3n) is 3.96. The first-order valence-corrected chi connectivity index (χ1v) is 7.03. The molecule has 0 spiro atoms. The summed E-state index contributed by atoms with van der Waals surface area (Å²) in [5, 5.41) is 0. The molecule has 1 saturated carbocycles. The van der Waals surface area contributed by atoms with Crippen LogP contribution >= 0.6 is 0 Å². The largest absolute Gasteiger partial charge is 0.329 e. The van der Waals surface area contributed by atoms with E-state index in [0.717, 1.165) is 24.0 Å². The van der Waals surface area contributed by atoms with E-state index in [4.69, 9.17) is 0 Å².